The molecule has 0 aliphatic carbocycles. The van der Waals surface area contributed by atoms with E-state index in [0.29, 0.717) is 5.69 Å². The van der Waals surface area contributed by atoms with Crippen LogP contribution in [0.2, 0.25) is 0 Å². The van der Waals surface area contributed by atoms with Crippen molar-refractivity contribution in [3.63, 3.8) is 0 Å². The van der Waals surface area contributed by atoms with Crippen molar-refractivity contribution in [1.29, 1.82) is 0 Å². The molecule has 0 aliphatic heterocycles. The fourth-order valence-corrected chi connectivity index (χ4v) is 1.50. The maximum absolute atomic E-state index is 10.3. The molecule has 5 nitrogen and oxygen atoms in total. The minimum Gasteiger partial charge on any atom is -0.481 e. The molecule has 0 radical (unpaired) electrons. The van der Waals surface area contributed by atoms with Gasteiger partial charge in [0, 0.05) is 0 Å². The van der Waals surface area contributed by atoms with E-state index in [1.807, 2.05) is 0 Å². The van der Waals surface area contributed by atoms with Gasteiger partial charge in [-0.15, -0.1) is 5.10 Å². The fourth-order valence-electron chi connectivity index (χ4n) is 0.858. The molecule has 0 unspecified atom stereocenters. The zero-order valence-electron chi connectivity index (χ0n) is 6.52. The Bertz CT molecular complexity index is 286. The lowest BCUT2D eigenvalue weighted by Crippen LogP contribution is -2.14. The Hall–Kier alpha value is -1.01. The molecule has 0 saturated carbocycles. The summed E-state index contributed by atoms with van der Waals surface area (Å²) in [7, 11) is 0. The minimum atomic E-state index is -0.907. The first-order valence-electron chi connectivity index (χ1n) is 3.37. The smallest absolute Gasteiger partial charge is 0.305 e. The summed E-state index contributed by atoms with van der Waals surface area (Å²) in [5, 5.41) is 12.2. The molecule has 1 aromatic heterocycles. The van der Waals surface area contributed by atoms with Crippen LogP contribution in [-0.4, -0.2) is 20.7 Å². The maximum Gasteiger partial charge on any atom is 0.305 e. The molecule has 0 saturated heterocycles. The highest BCUT2D eigenvalue weighted by molar-refractivity contribution is 7.05. The predicted octanol–water partition coefficient (Wildman–Crippen LogP) is 0.321. The number of aliphatic carboxylic acids is 1. The molecule has 0 fully saturated rings. The largest absolute Gasteiger partial charge is 0.481 e. The molecule has 0 bridgehead atoms. The lowest BCUT2D eigenvalue weighted by Gasteiger charge is -2.04. The van der Waals surface area contributed by atoms with Gasteiger partial charge in [-0.05, 0) is 18.5 Å². The normalized spacial score (nSPS) is 12.8. The molecule has 0 amide bonds. The van der Waals surface area contributed by atoms with Gasteiger partial charge in [-0.25, -0.2) is 0 Å². The van der Waals surface area contributed by atoms with E-state index < -0.39 is 12.0 Å². The predicted molar refractivity (Wildman–Crippen MR) is 43.8 cm³/mol. The summed E-state index contributed by atoms with van der Waals surface area (Å²) in [6.07, 6.45) is -0.0787. The molecular formula is C6H9N3O2S. The molecule has 3 N–H and O–H groups in total. The van der Waals surface area contributed by atoms with Gasteiger partial charge in [0.15, 0.2) is 0 Å². The number of nitrogens with two attached hydrogens (primary N) is 1. The highest BCUT2D eigenvalue weighted by atomic mass is 32.1. The van der Waals surface area contributed by atoms with Crippen molar-refractivity contribution in [3.8, 4) is 0 Å². The first-order valence-corrected chi connectivity index (χ1v) is 4.15. The average Bonchev–Trinajstić information content (AvgIpc) is 2.33. The number of carboxylic acids is 1. The SMILES string of the molecule is Cc1nnsc1[C@H](N)CC(=O)O. The van der Waals surface area contributed by atoms with Gasteiger partial charge in [-0.3, -0.25) is 4.79 Å². The Kier molecular flexibility index (Phi) is 2.72. The van der Waals surface area contributed by atoms with Crippen molar-refractivity contribution in [2.24, 2.45) is 5.73 Å². The summed E-state index contributed by atoms with van der Waals surface area (Å²) < 4.78 is 3.67. The third-order valence-corrected chi connectivity index (χ3v) is 2.38. The maximum atomic E-state index is 10.3. The van der Waals surface area contributed by atoms with Crippen LogP contribution < -0.4 is 5.73 Å². The molecule has 12 heavy (non-hydrogen) atoms. The number of aromatic nitrogens is 2. The monoisotopic (exact) mass is 187 g/mol. The average molecular weight is 187 g/mol. The lowest BCUT2D eigenvalue weighted by molar-refractivity contribution is -0.137. The highest BCUT2D eigenvalue weighted by Gasteiger charge is 2.15. The molecule has 0 aromatic carbocycles. The number of carboxylic acid groups (broad SMARTS) is 1. The summed E-state index contributed by atoms with van der Waals surface area (Å²) in [6.45, 7) is 1.76. The second kappa shape index (κ2) is 3.59. The first kappa shape index (κ1) is 9.08. The van der Waals surface area contributed by atoms with Gasteiger partial charge in [-0.1, -0.05) is 4.49 Å². The summed E-state index contributed by atoms with van der Waals surface area (Å²) in [6, 6.07) is -0.484. The standard InChI is InChI=1S/C6H9N3O2S/c1-3-6(12-9-8-3)4(7)2-5(10)11/h4H,2,7H2,1H3,(H,10,11)/t4-/m1/s1. The Morgan fingerprint density at radius 3 is 2.92 bits per heavy atom. The molecule has 0 aliphatic rings. The van der Waals surface area contributed by atoms with Crippen LogP contribution >= 0.6 is 11.5 Å². The van der Waals surface area contributed by atoms with Crippen LogP contribution in [0.15, 0.2) is 0 Å². The van der Waals surface area contributed by atoms with Gasteiger partial charge >= 0.3 is 5.97 Å². The number of hydrogen-bond donors (Lipinski definition) is 2. The van der Waals surface area contributed by atoms with Crippen molar-refractivity contribution in [1.82, 2.24) is 9.59 Å². The van der Waals surface area contributed by atoms with Crippen LogP contribution in [-0.2, 0) is 4.79 Å². The van der Waals surface area contributed by atoms with Gasteiger partial charge < -0.3 is 10.8 Å². The minimum absolute atomic E-state index is 0.0787. The van der Waals surface area contributed by atoms with E-state index >= 15 is 0 Å². The number of carbonyl (C=O) groups is 1. The summed E-state index contributed by atoms with van der Waals surface area (Å²) in [4.78, 5) is 11.0. The lowest BCUT2D eigenvalue weighted by atomic mass is 10.1. The zero-order valence-corrected chi connectivity index (χ0v) is 7.34. The third-order valence-electron chi connectivity index (χ3n) is 1.42. The van der Waals surface area contributed by atoms with Crippen LogP contribution in [0, 0.1) is 6.92 Å². The van der Waals surface area contributed by atoms with Crippen molar-refractivity contribution in [2.75, 3.05) is 0 Å². The number of rotatable bonds is 3. The molecule has 1 heterocycles. The van der Waals surface area contributed by atoms with E-state index in [4.69, 9.17) is 10.8 Å². The van der Waals surface area contributed by atoms with Gasteiger partial charge in [0.05, 0.1) is 23.0 Å². The molecule has 1 aromatic rings. The van der Waals surface area contributed by atoms with Gasteiger partial charge in [0.2, 0.25) is 0 Å². The Labute approximate surface area is 73.4 Å². The van der Waals surface area contributed by atoms with E-state index in [1.54, 1.807) is 6.92 Å². The van der Waals surface area contributed by atoms with E-state index in [2.05, 4.69) is 9.59 Å². The Morgan fingerprint density at radius 1 is 1.83 bits per heavy atom. The summed E-state index contributed by atoms with van der Waals surface area (Å²) >= 11 is 1.15. The highest BCUT2D eigenvalue weighted by Crippen LogP contribution is 2.19. The van der Waals surface area contributed by atoms with Crippen LogP contribution in [0.1, 0.15) is 23.0 Å². The summed E-state index contributed by atoms with van der Waals surface area (Å²) in [5.41, 5.74) is 6.31. The van der Waals surface area contributed by atoms with E-state index in [0.717, 1.165) is 16.4 Å². The topological polar surface area (TPSA) is 89.1 Å². The van der Waals surface area contributed by atoms with Crippen LogP contribution in [0.4, 0.5) is 0 Å². The van der Waals surface area contributed by atoms with Gasteiger partial charge in [0.25, 0.3) is 0 Å². The molecular weight excluding hydrogens is 178 g/mol. The quantitative estimate of drug-likeness (QED) is 0.711. The van der Waals surface area contributed by atoms with Crippen LogP contribution in [0.3, 0.4) is 0 Å². The van der Waals surface area contributed by atoms with Crippen molar-refractivity contribution in [2.45, 2.75) is 19.4 Å². The third kappa shape index (κ3) is 1.99. The van der Waals surface area contributed by atoms with Crippen LogP contribution in [0.5, 0.6) is 0 Å². The van der Waals surface area contributed by atoms with E-state index in [9.17, 15) is 4.79 Å². The second-order valence-electron chi connectivity index (χ2n) is 2.43. The fraction of sp³-hybridized carbons (Fsp3) is 0.500. The van der Waals surface area contributed by atoms with Gasteiger partial charge in [0.1, 0.15) is 0 Å². The second-order valence-corrected chi connectivity index (χ2v) is 3.21. The van der Waals surface area contributed by atoms with Crippen molar-refractivity contribution >= 4 is 17.5 Å². The van der Waals surface area contributed by atoms with Crippen LogP contribution in [0.25, 0.3) is 0 Å². The zero-order chi connectivity index (χ0) is 9.14. The number of hydrogen-bond acceptors (Lipinski definition) is 5. The number of aryl methyl sites for hydroxylation is 1. The molecule has 1 rings (SSSR count). The molecule has 6 heteroatoms. The van der Waals surface area contributed by atoms with Crippen molar-refractivity contribution < 1.29 is 9.90 Å². The molecule has 66 valence electrons. The summed E-state index contributed by atoms with van der Waals surface area (Å²) in [5.74, 6) is -0.907. The molecule has 0 spiro atoms. The first-order chi connectivity index (χ1) is 5.61. The number of nitrogens with zero attached hydrogens (tertiary/aromatic N) is 2. The van der Waals surface area contributed by atoms with Gasteiger partial charge in [-0.2, -0.15) is 0 Å². The van der Waals surface area contributed by atoms with Crippen molar-refractivity contribution in [3.05, 3.63) is 10.6 Å². The van der Waals surface area contributed by atoms with E-state index in [1.165, 1.54) is 0 Å². The molecule has 1 atom stereocenters. The Morgan fingerprint density at radius 2 is 2.50 bits per heavy atom. The van der Waals surface area contributed by atoms with E-state index in [-0.39, 0.29) is 6.42 Å². The Balaban J connectivity index is 2.71.